The van der Waals surface area contributed by atoms with Gasteiger partial charge in [0.2, 0.25) is 11.7 Å². The summed E-state index contributed by atoms with van der Waals surface area (Å²) in [4.78, 5) is 29.5. The first-order valence-corrected chi connectivity index (χ1v) is 8.31. The zero-order chi connectivity index (χ0) is 17.3. The number of aromatic nitrogens is 2. The molecule has 0 aliphatic carbocycles. The van der Waals surface area contributed by atoms with Crippen LogP contribution in [0.15, 0.2) is 27.3 Å². The van der Waals surface area contributed by atoms with Crippen LogP contribution in [0.3, 0.4) is 0 Å². The highest BCUT2D eigenvalue weighted by Crippen LogP contribution is 2.33. The highest BCUT2D eigenvalue weighted by atomic mass is 79.9. The second kappa shape index (κ2) is 6.83. The molecule has 9 nitrogen and oxygen atoms in total. The van der Waals surface area contributed by atoms with E-state index in [-0.39, 0.29) is 27.2 Å². The van der Waals surface area contributed by atoms with Gasteiger partial charge in [-0.25, -0.2) is 13.8 Å². The maximum absolute atomic E-state index is 13.4. The number of nitrogens with one attached hydrogen (secondary N) is 2. The molecular weight excluding hydrogens is 457 g/mol. The highest BCUT2D eigenvalue weighted by molar-refractivity contribution is 9.10. The lowest BCUT2D eigenvalue weighted by Gasteiger charge is -2.19. The van der Waals surface area contributed by atoms with E-state index < -0.39 is 18.1 Å². The van der Waals surface area contributed by atoms with Crippen molar-refractivity contribution in [3.63, 3.8) is 0 Å². The number of amides is 2. The molecule has 1 atom stereocenters. The molecule has 24 heavy (non-hydrogen) atoms. The Hall–Kier alpha value is -2.05. The summed E-state index contributed by atoms with van der Waals surface area (Å²) in [6.07, 6.45) is -1.66. The minimum Gasteiger partial charge on any atom is -0.351 e. The highest BCUT2D eigenvalue weighted by Gasteiger charge is 2.40. The molecule has 3 rings (SSSR count). The largest absolute Gasteiger partial charge is 0.435 e. The number of hydrogen-bond acceptors (Lipinski definition) is 7. The van der Waals surface area contributed by atoms with E-state index in [0.717, 1.165) is 0 Å². The molecule has 0 saturated carbocycles. The van der Waals surface area contributed by atoms with Crippen LogP contribution in [0.25, 0.3) is 0 Å². The third kappa shape index (κ3) is 3.12. The van der Waals surface area contributed by atoms with Crippen molar-refractivity contribution in [3.8, 4) is 0 Å². The van der Waals surface area contributed by atoms with E-state index in [1.165, 1.54) is 23.1 Å². The minimum absolute atomic E-state index is 0.0291. The van der Waals surface area contributed by atoms with E-state index >= 15 is 0 Å². The van der Waals surface area contributed by atoms with Crippen molar-refractivity contribution < 1.29 is 23.4 Å². The van der Waals surface area contributed by atoms with Gasteiger partial charge in [0, 0.05) is 0 Å². The summed E-state index contributed by atoms with van der Waals surface area (Å²) in [5.74, 6) is -0.834. The Morgan fingerprint density at radius 3 is 2.96 bits per heavy atom. The quantitative estimate of drug-likeness (QED) is 0.668. The van der Waals surface area contributed by atoms with Gasteiger partial charge in [0.25, 0.3) is 0 Å². The molecule has 1 aromatic heterocycles. The summed E-state index contributed by atoms with van der Waals surface area (Å²) >= 11 is 6.06. The summed E-state index contributed by atoms with van der Waals surface area (Å²) in [5.41, 5.74) is 2.92. The average molecular weight is 465 g/mol. The van der Waals surface area contributed by atoms with Gasteiger partial charge in [-0.3, -0.25) is 9.69 Å². The maximum Gasteiger partial charge on any atom is 0.435 e. The van der Waals surface area contributed by atoms with Crippen molar-refractivity contribution in [2.75, 3.05) is 15.5 Å². The number of benzene rings is 1. The fourth-order valence-electron chi connectivity index (χ4n) is 2.01. The number of carbonyl (C=O) groups is 2. The molecule has 0 bridgehead atoms. The first kappa shape index (κ1) is 16.8. The summed E-state index contributed by atoms with van der Waals surface area (Å²) in [6.45, 7) is 0. The van der Waals surface area contributed by atoms with Crippen molar-refractivity contribution >= 4 is 55.4 Å². The zero-order valence-electron chi connectivity index (χ0n) is 11.6. The molecular formula is C12H8Br2FN5O4. The SMILES string of the molecule is O=C(CBr)Nc1nonc1C1NOC(=O)N1c1ccc(F)c(Br)c1. The van der Waals surface area contributed by atoms with Crippen LogP contribution in [-0.2, 0) is 9.63 Å². The molecule has 126 valence electrons. The fourth-order valence-corrected chi connectivity index (χ4v) is 2.51. The first-order chi connectivity index (χ1) is 11.5. The third-order valence-corrected chi connectivity index (χ3v) is 4.16. The van der Waals surface area contributed by atoms with E-state index in [9.17, 15) is 14.0 Å². The summed E-state index contributed by atoms with van der Waals surface area (Å²) < 4.78 is 18.2. The lowest BCUT2D eigenvalue weighted by atomic mass is 10.2. The van der Waals surface area contributed by atoms with Crippen molar-refractivity contribution in [2.24, 2.45) is 0 Å². The van der Waals surface area contributed by atoms with Gasteiger partial charge >= 0.3 is 6.09 Å². The van der Waals surface area contributed by atoms with Gasteiger partial charge in [0.05, 0.1) is 15.5 Å². The monoisotopic (exact) mass is 463 g/mol. The average Bonchev–Trinajstić information content (AvgIpc) is 3.16. The molecule has 1 fully saturated rings. The second-order valence-corrected chi connectivity index (χ2v) is 5.95. The summed E-state index contributed by atoms with van der Waals surface area (Å²) in [5, 5.41) is 9.80. The van der Waals surface area contributed by atoms with Crippen molar-refractivity contribution in [3.05, 3.63) is 34.2 Å². The number of nitrogens with zero attached hydrogens (tertiary/aromatic N) is 3. The molecule has 2 N–H and O–H groups in total. The van der Waals surface area contributed by atoms with Crippen molar-refractivity contribution in [2.45, 2.75) is 6.17 Å². The number of hydrogen-bond donors (Lipinski definition) is 2. The molecule has 1 unspecified atom stereocenters. The first-order valence-electron chi connectivity index (χ1n) is 6.40. The predicted molar refractivity (Wildman–Crippen MR) is 85.7 cm³/mol. The lowest BCUT2D eigenvalue weighted by Crippen LogP contribution is -2.30. The second-order valence-electron chi connectivity index (χ2n) is 4.54. The van der Waals surface area contributed by atoms with Crippen molar-refractivity contribution in [1.82, 2.24) is 15.8 Å². The lowest BCUT2D eigenvalue weighted by molar-refractivity contribution is -0.113. The van der Waals surface area contributed by atoms with Crippen LogP contribution in [-0.4, -0.2) is 27.6 Å². The Labute approximate surface area is 150 Å². The predicted octanol–water partition coefficient (Wildman–Crippen LogP) is 2.46. The number of alkyl halides is 1. The summed E-state index contributed by atoms with van der Waals surface area (Å²) in [7, 11) is 0. The van der Waals surface area contributed by atoms with E-state index in [1.54, 1.807) is 0 Å². The number of anilines is 2. The van der Waals surface area contributed by atoms with Gasteiger partial charge in [-0.2, -0.15) is 0 Å². The van der Waals surface area contributed by atoms with Crippen LogP contribution in [0.1, 0.15) is 11.9 Å². The smallest absolute Gasteiger partial charge is 0.351 e. The van der Waals surface area contributed by atoms with Crippen molar-refractivity contribution in [1.29, 1.82) is 0 Å². The number of carbonyl (C=O) groups excluding carboxylic acids is 2. The molecule has 12 heteroatoms. The van der Waals surface area contributed by atoms with E-state index in [2.05, 4.69) is 57.6 Å². The van der Waals surface area contributed by atoms with Gasteiger partial charge in [-0.05, 0) is 44.4 Å². The Bertz CT molecular complexity index is 802. The molecule has 1 aromatic carbocycles. The number of hydroxylamine groups is 1. The Balaban J connectivity index is 1.95. The topological polar surface area (TPSA) is 110 Å². The normalized spacial score (nSPS) is 17.0. The van der Waals surface area contributed by atoms with Crippen LogP contribution >= 0.6 is 31.9 Å². The van der Waals surface area contributed by atoms with Crippen LogP contribution in [0.5, 0.6) is 0 Å². The Morgan fingerprint density at radius 2 is 2.25 bits per heavy atom. The zero-order valence-corrected chi connectivity index (χ0v) is 14.8. The van der Waals surface area contributed by atoms with Gasteiger partial charge in [0.15, 0.2) is 11.9 Å². The van der Waals surface area contributed by atoms with E-state index in [1.807, 2.05) is 0 Å². The third-order valence-electron chi connectivity index (χ3n) is 3.05. The number of rotatable bonds is 4. The Morgan fingerprint density at radius 1 is 1.46 bits per heavy atom. The molecule has 0 spiro atoms. The minimum atomic E-state index is -0.924. The maximum atomic E-state index is 13.4. The summed E-state index contributed by atoms with van der Waals surface area (Å²) in [6, 6.07) is 3.99. The van der Waals surface area contributed by atoms with Gasteiger partial charge < -0.3 is 10.2 Å². The fraction of sp³-hybridized carbons (Fsp3) is 0.167. The van der Waals surface area contributed by atoms with Crippen LogP contribution < -0.4 is 15.7 Å². The van der Waals surface area contributed by atoms with Crippen LogP contribution in [0.2, 0.25) is 0 Å². The molecule has 1 saturated heterocycles. The standard InChI is InChI=1S/C12H8Br2FN5O4/c13-4-8(21)16-10-9(17-24-18-10)11-19-23-12(22)20(11)5-1-2-7(15)6(14)3-5/h1-3,11,19H,4H2,(H,16,18,21). The molecule has 0 radical (unpaired) electrons. The van der Waals surface area contributed by atoms with Gasteiger partial charge in [0.1, 0.15) is 5.82 Å². The molecule has 1 aliphatic heterocycles. The molecule has 2 heterocycles. The van der Waals surface area contributed by atoms with Crippen LogP contribution in [0.4, 0.5) is 20.7 Å². The van der Waals surface area contributed by atoms with Gasteiger partial charge in [-0.1, -0.05) is 15.9 Å². The molecule has 2 aromatic rings. The van der Waals surface area contributed by atoms with Crippen LogP contribution in [0, 0.1) is 5.82 Å². The Kier molecular flexibility index (Phi) is 4.78. The molecule has 2 amide bonds. The molecule has 1 aliphatic rings. The van der Waals surface area contributed by atoms with E-state index in [4.69, 9.17) is 4.84 Å². The van der Waals surface area contributed by atoms with E-state index in [0.29, 0.717) is 5.69 Å². The number of halogens is 3. The van der Waals surface area contributed by atoms with Gasteiger partial charge in [-0.15, -0.1) is 5.48 Å².